The van der Waals surface area contributed by atoms with E-state index >= 15 is 0 Å². The minimum Gasteiger partial charge on any atom is -0.455 e. The number of fused-ring (bicyclic) bond motifs is 9. The average Bonchev–Trinajstić information content (AvgIpc) is 3.80. The quantitative estimate of drug-likeness (QED) is 0.171. The minimum absolute atomic E-state index is 0.888. The molecule has 12 rings (SSSR count). The Bertz CT molecular complexity index is 3460. The maximum absolute atomic E-state index is 6.83. The van der Waals surface area contributed by atoms with Gasteiger partial charge in [-0.2, -0.15) is 0 Å². The SMILES string of the molecule is C1=C(c2ccccc2)Cc2ccc(-c3ccc4c(c3)c3ccccc3n4-c3cccc(-c4cccc5c4oc4c(-c6ccccc6)cccc45)c3)cc2-c2ccccc21. The molecule has 0 fully saturated rings. The van der Waals surface area contributed by atoms with Gasteiger partial charge in [-0.1, -0.05) is 176 Å². The van der Waals surface area contributed by atoms with Crippen molar-refractivity contribution in [1.82, 2.24) is 4.57 Å². The molecule has 0 saturated carbocycles. The van der Waals surface area contributed by atoms with Crippen molar-refractivity contribution in [1.29, 1.82) is 0 Å². The monoisotopic (exact) mass is 751 g/mol. The molecule has 1 aliphatic rings. The van der Waals surface area contributed by atoms with Crippen LogP contribution in [-0.4, -0.2) is 4.57 Å². The number of benzene rings is 9. The molecule has 0 radical (unpaired) electrons. The van der Waals surface area contributed by atoms with Crippen molar-refractivity contribution >= 4 is 55.4 Å². The fourth-order valence-corrected chi connectivity index (χ4v) is 9.45. The van der Waals surface area contributed by atoms with Crippen LogP contribution in [0.15, 0.2) is 211 Å². The Labute approximate surface area is 342 Å². The first-order valence-electron chi connectivity index (χ1n) is 20.4. The van der Waals surface area contributed by atoms with Gasteiger partial charge in [-0.05, 0) is 98.5 Å². The van der Waals surface area contributed by atoms with E-state index in [1.807, 2.05) is 0 Å². The number of para-hydroxylation sites is 3. The van der Waals surface area contributed by atoms with Gasteiger partial charge in [0.1, 0.15) is 11.2 Å². The Hall–Kier alpha value is -7.68. The zero-order valence-electron chi connectivity index (χ0n) is 32.3. The van der Waals surface area contributed by atoms with Crippen LogP contribution in [0.4, 0.5) is 0 Å². The fraction of sp³-hybridized carbons (Fsp3) is 0.0175. The molecule has 0 saturated heterocycles. The number of furan rings is 1. The first kappa shape index (κ1) is 33.5. The molecule has 0 aliphatic heterocycles. The van der Waals surface area contributed by atoms with Crippen LogP contribution in [0.2, 0.25) is 0 Å². The van der Waals surface area contributed by atoms with Gasteiger partial charge in [0.05, 0.1) is 11.0 Å². The molecule has 2 heterocycles. The molecule has 11 aromatic rings. The summed E-state index contributed by atoms with van der Waals surface area (Å²) in [7, 11) is 0. The van der Waals surface area contributed by atoms with Crippen LogP contribution in [0.5, 0.6) is 0 Å². The first-order chi connectivity index (χ1) is 29.2. The van der Waals surface area contributed by atoms with Gasteiger partial charge >= 0.3 is 0 Å². The van der Waals surface area contributed by atoms with Crippen molar-refractivity contribution < 1.29 is 4.42 Å². The van der Waals surface area contributed by atoms with E-state index in [9.17, 15) is 0 Å². The predicted octanol–water partition coefficient (Wildman–Crippen LogP) is 15.4. The molecular formula is C57H37NO. The standard InChI is InChI=1S/C57H37NO/c1-3-14-37(15-4-1)44-32-41-18-7-8-21-46(41)52-35-39(28-29-43(52)33-44)40-30-31-55-53(36-40)49-22-9-10-27-54(49)58(55)45-20-11-19-42(34-45)48-24-13-26-51-50-25-12-23-47(56(50)59-57(48)51)38-16-5-2-6-17-38/h1-32,34-36H,33H2. The highest BCUT2D eigenvalue weighted by Gasteiger charge is 2.20. The zero-order chi connectivity index (χ0) is 38.9. The third-order valence-electron chi connectivity index (χ3n) is 12.2. The van der Waals surface area contributed by atoms with Crippen molar-refractivity contribution in [2.45, 2.75) is 6.42 Å². The number of aromatic nitrogens is 1. The summed E-state index contributed by atoms with van der Waals surface area (Å²) in [6, 6.07) is 74.8. The second kappa shape index (κ2) is 13.5. The van der Waals surface area contributed by atoms with Crippen molar-refractivity contribution in [3.05, 3.63) is 223 Å². The van der Waals surface area contributed by atoms with Crippen LogP contribution < -0.4 is 0 Å². The lowest BCUT2D eigenvalue weighted by molar-refractivity contribution is 0.671. The normalized spacial score (nSPS) is 12.4. The molecule has 2 heteroatoms. The summed E-state index contributed by atoms with van der Waals surface area (Å²) < 4.78 is 9.24. The molecule has 0 N–H and O–H groups in total. The van der Waals surface area contributed by atoms with Gasteiger partial charge in [0.15, 0.2) is 0 Å². The molecule has 0 amide bonds. The van der Waals surface area contributed by atoms with Crippen LogP contribution >= 0.6 is 0 Å². The molecule has 0 atom stereocenters. The lowest BCUT2D eigenvalue weighted by atomic mass is 9.91. The third-order valence-corrected chi connectivity index (χ3v) is 12.2. The Morgan fingerprint density at radius 2 is 0.949 bits per heavy atom. The highest BCUT2D eigenvalue weighted by molar-refractivity contribution is 6.14. The van der Waals surface area contributed by atoms with Crippen LogP contribution in [0.1, 0.15) is 16.7 Å². The zero-order valence-corrected chi connectivity index (χ0v) is 32.3. The molecule has 1 aliphatic carbocycles. The number of rotatable bonds is 5. The lowest BCUT2D eigenvalue weighted by Crippen LogP contribution is -1.94. The summed E-state index contributed by atoms with van der Waals surface area (Å²) in [5.41, 5.74) is 20.0. The van der Waals surface area contributed by atoms with E-state index in [2.05, 4.69) is 217 Å². The Balaban J connectivity index is 0.968. The largest absolute Gasteiger partial charge is 0.455 e. The molecule has 276 valence electrons. The molecule has 0 spiro atoms. The maximum atomic E-state index is 6.83. The summed E-state index contributed by atoms with van der Waals surface area (Å²) in [6.07, 6.45) is 3.26. The first-order valence-corrected chi connectivity index (χ1v) is 20.4. The van der Waals surface area contributed by atoms with Crippen LogP contribution in [-0.2, 0) is 6.42 Å². The van der Waals surface area contributed by atoms with Gasteiger partial charge in [0.25, 0.3) is 0 Å². The summed E-state index contributed by atoms with van der Waals surface area (Å²) in [6.45, 7) is 0. The van der Waals surface area contributed by atoms with Gasteiger partial charge in [-0.3, -0.25) is 0 Å². The maximum Gasteiger partial charge on any atom is 0.143 e. The van der Waals surface area contributed by atoms with E-state index < -0.39 is 0 Å². The molecular weight excluding hydrogens is 715 g/mol. The minimum atomic E-state index is 0.888. The fourth-order valence-electron chi connectivity index (χ4n) is 9.45. The van der Waals surface area contributed by atoms with E-state index in [1.165, 1.54) is 66.3 Å². The van der Waals surface area contributed by atoms with E-state index in [0.29, 0.717) is 0 Å². The van der Waals surface area contributed by atoms with E-state index in [4.69, 9.17) is 4.42 Å². The van der Waals surface area contributed by atoms with Gasteiger partial charge < -0.3 is 8.98 Å². The average molecular weight is 752 g/mol. The van der Waals surface area contributed by atoms with E-state index in [0.717, 1.165) is 56.3 Å². The topological polar surface area (TPSA) is 18.1 Å². The van der Waals surface area contributed by atoms with Crippen LogP contribution in [0.25, 0.3) is 106 Å². The van der Waals surface area contributed by atoms with E-state index in [1.54, 1.807) is 0 Å². The Kier molecular flexibility index (Phi) is 7.64. The predicted molar refractivity (Wildman–Crippen MR) is 248 cm³/mol. The molecule has 9 aromatic carbocycles. The molecule has 2 nitrogen and oxygen atoms in total. The summed E-state index contributed by atoms with van der Waals surface area (Å²) in [5, 5.41) is 4.73. The molecule has 59 heavy (non-hydrogen) atoms. The Morgan fingerprint density at radius 3 is 1.76 bits per heavy atom. The molecule has 0 unspecified atom stereocenters. The van der Waals surface area contributed by atoms with Crippen LogP contribution in [0, 0.1) is 0 Å². The van der Waals surface area contributed by atoms with E-state index in [-0.39, 0.29) is 0 Å². The smallest absolute Gasteiger partial charge is 0.143 e. The van der Waals surface area contributed by atoms with Gasteiger partial charge in [-0.15, -0.1) is 0 Å². The second-order valence-electron chi connectivity index (χ2n) is 15.6. The van der Waals surface area contributed by atoms with Crippen molar-refractivity contribution in [3.8, 4) is 50.2 Å². The third kappa shape index (κ3) is 5.49. The van der Waals surface area contributed by atoms with Gasteiger partial charge in [-0.25, -0.2) is 0 Å². The van der Waals surface area contributed by atoms with Crippen LogP contribution in [0.3, 0.4) is 0 Å². The summed E-state index contributed by atoms with van der Waals surface area (Å²) in [5.74, 6) is 0. The Morgan fingerprint density at radius 1 is 0.356 bits per heavy atom. The molecule has 0 bridgehead atoms. The van der Waals surface area contributed by atoms with Gasteiger partial charge in [0.2, 0.25) is 0 Å². The number of hydrogen-bond acceptors (Lipinski definition) is 1. The van der Waals surface area contributed by atoms with Gasteiger partial charge in [0, 0.05) is 38.4 Å². The lowest BCUT2D eigenvalue weighted by Gasteiger charge is -2.13. The van der Waals surface area contributed by atoms with Crippen molar-refractivity contribution in [3.63, 3.8) is 0 Å². The number of nitrogens with zero attached hydrogens (tertiary/aromatic N) is 1. The van der Waals surface area contributed by atoms with Crippen molar-refractivity contribution in [2.75, 3.05) is 0 Å². The molecule has 2 aromatic heterocycles. The summed E-state index contributed by atoms with van der Waals surface area (Å²) in [4.78, 5) is 0. The number of allylic oxidation sites excluding steroid dienone is 1. The highest BCUT2D eigenvalue weighted by Crippen LogP contribution is 2.43. The number of hydrogen-bond donors (Lipinski definition) is 0. The highest BCUT2D eigenvalue weighted by atomic mass is 16.3. The van der Waals surface area contributed by atoms with Crippen molar-refractivity contribution in [2.24, 2.45) is 0 Å². The second-order valence-corrected chi connectivity index (χ2v) is 15.6. The summed E-state index contributed by atoms with van der Waals surface area (Å²) >= 11 is 0.